The molecule has 120 valence electrons. The summed E-state index contributed by atoms with van der Waals surface area (Å²) < 4.78 is 0. The topological polar surface area (TPSA) is 32.3 Å². The highest BCUT2D eigenvalue weighted by Gasteiger charge is 2.24. The molecule has 1 heterocycles. The van der Waals surface area contributed by atoms with Gasteiger partial charge in [0, 0.05) is 11.7 Å². The largest absolute Gasteiger partial charge is 0.359 e. The van der Waals surface area contributed by atoms with E-state index in [9.17, 15) is 4.79 Å². The van der Waals surface area contributed by atoms with Crippen LogP contribution in [-0.2, 0) is 11.2 Å². The molecule has 0 bridgehead atoms. The number of anilines is 1. The molecule has 3 rings (SSSR count). The standard InChI is InChI=1S/C20H24N2O/c1-15-12-13-18-10-6-7-11-19(18)22(15)14-20(23)21-16(2)17-8-4-3-5-9-17/h3-11,15-16H,12-14H2,1-2H3,(H,21,23)/t15-,16-/m0/s1. The highest BCUT2D eigenvalue weighted by molar-refractivity contribution is 5.82. The number of benzene rings is 2. The van der Waals surface area contributed by atoms with E-state index in [2.05, 4.69) is 35.3 Å². The third-order valence-electron chi connectivity index (χ3n) is 4.66. The van der Waals surface area contributed by atoms with Gasteiger partial charge in [0.1, 0.15) is 0 Å². The van der Waals surface area contributed by atoms with Gasteiger partial charge in [0.25, 0.3) is 0 Å². The average molecular weight is 308 g/mol. The zero-order valence-electron chi connectivity index (χ0n) is 13.8. The Balaban J connectivity index is 1.68. The first-order chi connectivity index (χ1) is 11.1. The normalized spacial score (nSPS) is 18.2. The van der Waals surface area contributed by atoms with Gasteiger partial charge in [0.2, 0.25) is 5.91 Å². The molecule has 0 unspecified atom stereocenters. The number of nitrogens with zero attached hydrogens (tertiary/aromatic N) is 1. The van der Waals surface area contributed by atoms with E-state index in [1.165, 1.54) is 11.3 Å². The number of para-hydroxylation sites is 1. The SMILES string of the molecule is C[C@H](NC(=O)CN1c2ccccc2CC[C@@H]1C)c1ccccc1. The molecule has 0 aliphatic carbocycles. The number of hydrogen-bond donors (Lipinski definition) is 1. The van der Waals surface area contributed by atoms with Gasteiger partial charge in [-0.1, -0.05) is 48.5 Å². The maximum absolute atomic E-state index is 12.5. The van der Waals surface area contributed by atoms with Crippen LogP contribution in [0.1, 0.15) is 37.4 Å². The molecule has 1 amide bonds. The molecule has 2 aromatic carbocycles. The highest BCUT2D eigenvalue weighted by atomic mass is 16.2. The summed E-state index contributed by atoms with van der Waals surface area (Å²) >= 11 is 0. The first-order valence-electron chi connectivity index (χ1n) is 8.34. The van der Waals surface area contributed by atoms with E-state index in [1.807, 2.05) is 43.3 Å². The van der Waals surface area contributed by atoms with Crippen LogP contribution in [0.5, 0.6) is 0 Å². The fourth-order valence-electron chi connectivity index (χ4n) is 3.27. The lowest BCUT2D eigenvalue weighted by Crippen LogP contribution is -2.44. The number of rotatable bonds is 4. The van der Waals surface area contributed by atoms with Gasteiger partial charge in [-0.3, -0.25) is 4.79 Å². The molecule has 0 spiro atoms. The Kier molecular flexibility index (Phi) is 4.65. The van der Waals surface area contributed by atoms with Gasteiger partial charge in [-0.05, 0) is 43.9 Å². The Labute approximate surface area is 138 Å². The van der Waals surface area contributed by atoms with E-state index in [1.54, 1.807) is 0 Å². The van der Waals surface area contributed by atoms with Crippen LogP contribution >= 0.6 is 0 Å². The first kappa shape index (κ1) is 15.6. The highest BCUT2D eigenvalue weighted by Crippen LogP contribution is 2.30. The van der Waals surface area contributed by atoms with Gasteiger partial charge in [0.05, 0.1) is 12.6 Å². The molecule has 2 atom stereocenters. The van der Waals surface area contributed by atoms with Crippen LogP contribution in [0.2, 0.25) is 0 Å². The van der Waals surface area contributed by atoms with Crippen molar-refractivity contribution in [3.63, 3.8) is 0 Å². The number of nitrogens with one attached hydrogen (secondary N) is 1. The molecule has 3 nitrogen and oxygen atoms in total. The minimum absolute atomic E-state index is 0.0269. The van der Waals surface area contributed by atoms with Crippen molar-refractivity contribution in [3.05, 3.63) is 65.7 Å². The van der Waals surface area contributed by atoms with E-state index in [0.717, 1.165) is 18.4 Å². The van der Waals surface area contributed by atoms with Gasteiger partial charge < -0.3 is 10.2 Å². The second kappa shape index (κ2) is 6.86. The summed E-state index contributed by atoms with van der Waals surface area (Å²) in [5.41, 5.74) is 3.68. The fraction of sp³-hybridized carbons (Fsp3) is 0.350. The summed E-state index contributed by atoms with van der Waals surface area (Å²) in [5.74, 6) is 0.0740. The second-order valence-electron chi connectivity index (χ2n) is 6.34. The lowest BCUT2D eigenvalue weighted by Gasteiger charge is -2.36. The van der Waals surface area contributed by atoms with Crippen LogP contribution in [0.15, 0.2) is 54.6 Å². The lowest BCUT2D eigenvalue weighted by atomic mass is 9.96. The van der Waals surface area contributed by atoms with Crippen LogP contribution < -0.4 is 10.2 Å². The van der Waals surface area contributed by atoms with Gasteiger partial charge in [-0.15, -0.1) is 0 Å². The Morgan fingerprint density at radius 3 is 2.65 bits per heavy atom. The van der Waals surface area contributed by atoms with E-state index >= 15 is 0 Å². The van der Waals surface area contributed by atoms with Crippen molar-refractivity contribution in [1.82, 2.24) is 5.32 Å². The average Bonchev–Trinajstić information content (AvgIpc) is 2.58. The molecule has 2 aromatic rings. The van der Waals surface area contributed by atoms with Crippen molar-refractivity contribution in [1.29, 1.82) is 0 Å². The zero-order valence-corrected chi connectivity index (χ0v) is 13.8. The van der Waals surface area contributed by atoms with Gasteiger partial charge in [0.15, 0.2) is 0 Å². The molecular weight excluding hydrogens is 284 g/mol. The fourth-order valence-corrected chi connectivity index (χ4v) is 3.27. The van der Waals surface area contributed by atoms with Crippen LogP contribution in [0.25, 0.3) is 0 Å². The molecular formula is C20H24N2O. The quantitative estimate of drug-likeness (QED) is 0.934. The molecule has 0 aromatic heterocycles. The Hall–Kier alpha value is -2.29. The maximum Gasteiger partial charge on any atom is 0.240 e. The molecule has 3 heteroatoms. The zero-order chi connectivity index (χ0) is 16.2. The minimum atomic E-state index is 0.0269. The number of carbonyl (C=O) groups is 1. The van der Waals surface area contributed by atoms with Crippen molar-refractivity contribution in [2.24, 2.45) is 0 Å². The summed E-state index contributed by atoms with van der Waals surface area (Å²) in [6.45, 7) is 4.64. The summed E-state index contributed by atoms with van der Waals surface area (Å²) in [4.78, 5) is 14.7. The Morgan fingerprint density at radius 2 is 1.87 bits per heavy atom. The number of amides is 1. The van der Waals surface area contributed by atoms with E-state index in [-0.39, 0.29) is 11.9 Å². The van der Waals surface area contributed by atoms with E-state index < -0.39 is 0 Å². The summed E-state index contributed by atoms with van der Waals surface area (Å²) in [7, 11) is 0. The third kappa shape index (κ3) is 3.55. The third-order valence-corrected chi connectivity index (χ3v) is 4.66. The number of fused-ring (bicyclic) bond motifs is 1. The summed E-state index contributed by atoms with van der Waals surface area (Å²) in [6.07, 6.45) is 2.19. The van der Waals surface area contributed by atoms with Crippen molar-refractivity contribution in [3.8, 4) is 0 Å². The van der Waals surface area contributed by atoms with Crippen molar-refractivity contribution < 1.29 is 4.79 Å². The van der Waals surface area contributed by atoms with Crippen molar-refractivity contribution >= 4 is 11.6 Å². The monoisotopic (exact) mass is 308 g/mol. The minimum Gasteiger partial charge on any atom is -0.359 e. The smallest absolute Gasteiger partial charge is 0.240 e. The van der Waals surface area contributed by atoms with Crippen molar-refractivity contribution in [2.75, 3.05) is 11.4 Å². The Morgan fingerprint density at radius 1 is 1.17 bits per heavy atom. The number of hydrogen-bond acceptors (Lipinski definition) is 2. The number of aryl methyl sites for hydroxylation is 1. The van der Waals surface area contributed by atoms with Gasteiger partial charge in [-0.2, -0.15) is 0 Å². The molecule has 0 radical (unpaired) electrons. The lowest BCUT2D eigenvalue weighted by molar-refractivity contribution is -0.120. The molecule has 0 fully saturated rings. The van der Waals surface area contributed by atoms with Crippen LogP contribution in [0.3, 0.4) is 0 Å². The van der Waals surface area contributed by atoms with E-state index in [0.29, 0.717) is 12.6 Å². The maximum atomic E-state index is 12.5. The predicted octanol–water partition coefficient (Wildman–Crippen LogP) is 3.71. The van der Waals surface area contributed by atoms with Gasteiger partial charge in [-0.25, -0.2) is 0 Å². The summed E-state index contributed by atoms with van der Waals surface area (Å²) in [6, 6.07) is 18.9. The van der Waals surface area contributed by atoms with Crippen molar-refractivity contribution in [2.45, 2.75) is 38.8 Å². The van der Waals surface area contributed by atoms with Crippen LogP contribution in [-0.4, -0.2) is 18.5 Å². The first-order valence-corrected chi connectivity index (χ1v) is 8.34. The predicted molar refractivity (Wildman–Crippen MR) is 94.6 cm³/mol. The molecule has 0 saturated carbocycles. The summed E-state index contributed by atoms with van der Waals surface area (Å²) in [5, 5.41) is 3.11. The van der Waals surface area contributed by atoms with E-state index in [4.69, 9.17) is 0 Å². The molecule has 23 heavy (non-hydrogen) atoms. The van der Waals surface area contributed by atoms with Crippen LogP contribution in [0, 0.1) is 0 Å². The van der Waals surface area contributed by atoms with Gasteiger partial charge >= 0.3 is 0 Å². The molecule has 1 N–H and O–H groups in total. The number of carbonyl (C=O) groups excluding carboxylic acids is 1. The van der Waals surface area contributed by atoms with Crippen LogP contribution in [0.4, 0.5) is 5.69 Å². The molecule has 0 saturated heterocycles. The molecule has 1 aliphatic rings. The second-order valence-corrected chi connectivity index (χ2v) is 6.34. The molecule has 1 aliphatic heterocycles. The Bertz CT molecular complexity index is 668.